The number of phenols is 1. The van der Waals surface area contributed by atoms with Crippen LogP contribution in [0, 0.1) is 0 Å². The maximum absolute atomic E-state index is 11.1. The number of hydrogen-bond donors (Lipinski definition) is 2. The van der Waals surface area contributed by atoms with Crippen LogP contribution in [0.5, 0.6) is 11.5 Å². The predicted octanol–water partition coefficient (Wildman–Crippen LogP) is 1.62. The Bertz CT molecular complexity index is 668. The standard InChI is InChI=1S/C13H13NO4S/c14-19(16,17)13-7-6-11(8-12(13)15)18-9-10-4-2-1-3-5-10/h1-8,15H,9H2,(H2,14,16,17). The van der Waals surface area contributed by atoms with Crippen molar-refractivity contribution in [2.75, 3.05) is 0 Å². The van der Waals surface area contributed by atoms with Crippen LogP contribution in [0.25, 0.3) is 0 Å². The van der Waals surface area contributed by atoms with Crippen LogP contribution in [0.2, 0.25) is 0 Å². The predicted molar refractivity (Wildman–Crippen MR) is 70.3 cm³/mol. The quantitative estimate of drug-likeness (QED) is 0.890. The van der Waals surface area contributed by atoms with Crippen LogP contribution >= 0.6 is 0 Å². The summed E-state index contributed by atoms with van der Waals surface area (Å²) < 4.78 is 27.7. The maximum atomic E-state index is 11.1. The molecule has 0 atom stereocenters. The molecular formula is C13H13NO4S. The zero-order valence-corrected chi connectivity index (χ0v) is 10.8. The number of rotatable bonds is 4. The monoisotopic (exact) mass is 279 g/mol. The van der Waals surface area contributed by atoms with E-state index in [2.05, 4.69) is 0 Å². The van der Waals surface area contributed by atoms with Crippen molar-refractivity contribution in [1.29, 1.82) is 0 Å². The molecule has 0 amide bonds. The summed E-state index contributed by atoms with van der Waals surface area (Å²) >= 11 is 0. The van der Waals surface area contributed by atoms with E-state index < -0.39 is 15.8 Å². The van der Waals surface area contributed by atoms with Crippen molar-refractivity contribution in [2.45, 2.75) is 11.5 Å². The van der Waals surface area contributed by atoms with Gasteiger partial charge in [-0.2, -0.15) is 0 Å². The van der Waals surface area contributed by atoms with Gasteiger partial charge >= 0.3 is 0 Å². The highest BCUT2D eigenvalue weighted by Gasteiger charge is 2.14. The number of ether oxygens (including phenoxy) is 1. The first kappa shape index (κ1) is 13.4. The van der Waals surface area contributed by atoms with Gasteiger partial charge < -0.3 is 9.84 Å². The minimum absolute atomic E-state index is 0.320. The first-order valence-electron chi connectivity index (χ1n) is 5.49. The van der Waals surface area contributed by atoms with Crippen molar-refractivity contribution in [3.8, 4) is 11.5 Å². The fourth-order valence-electron chi connectivity index (χ4n) is 1.57. The van der Waals surface area contributed by atoms with Gasteiger partial charge in [0, 0.05) is 6.07 Å². The van der Waals surface area contributed by atoms with Crippen molar-refractivity contribution in [1.82, 2.24) is 0 Å². The molecule has 0 fully saturated rings. The van der Waals surface area contributed by atoms with Gasteiger partial charge in [0.15, 0.2) is 0 Å². The number of nitrogens with two attached hydrogens (primary N) is 1. The van der Waals surface area contributed by atoms with Crippen LogP contribution in [0.4, 0.5) is 0 Å². The number of aromatic hydroxyl groups is 1. The topological polar surface area (TPSA) is 89.6 Å². The van der Waals surface area contributed by atoms with E-state index in [0.29, 0.717) is 12.4 Å². The van der Waals surface area contributed by atoms with Gasteiger partial charge in [-0.05, 0) is 17.7 Å². The van der Waals surface area contributed by atoms with Crippen molar-refractivity contribution in [3.05, 3.63) is 54.1 Å². The van der Waals surface area contributed by atoms with Gasteiger partial charge in [-0.15, -0.1) is 0 Å². The molecule has 6 heteroatoms. The Morgan fingerprint density at radius 1 is 1.11 bits per heavy atom. The van der Waals surface area contributed by atoms with Crippen LogP contribution in [0.3, 0.4) is 0 Å². The molecule has 2 rings (SSSR count). The Morgan fingerprint density at radius 3 is 2.37 bits per heavy atom. The lowest BCUT2D eigenvalue weighted by Crippen LogP contribution is -2.12. The van der Waals surface area contributed by atoms with Crippen molar-refractivity contribution in [2.24, 2.45) is 5.14 Å². The van der Waals surface area contributed by atoms with Gasteiger partial charge in [0.25, 0.3) is 0 Å². The summed E-state index contributed by atoms with van der Waals surface area (Å²) in [4.78, 5) is -0.320. The highest BCUT2D eigenvalue weighted by molar-refractivity contribution is 7.89. The molecule has 0 aliphatic heterocycles. The Hall–Kier alpha value is -2.05. The fourth-order valence-corrected chi connectivity index (χ4v) is 2.18. The Kier molecular flexibility index (Phi) is 3.73. The van der Waals surface area contributed by atoms with Crippen LogP contribution < -0.4 is 9.88 Å². The number of hydrogen-bond acceptors (Lipinski definition) is 4. The molecule has 0 aliphatic rings. The molecule has 0 heterocycles. The van der Waals surface area contributed by atoms with E-state index in [4.69, 9.17) is 9.88 Å². The SMILES string of the molecule is NS(=O)(=O)c1ccc(OCc2ccccc2)cc1O. The molecule has 0 spiro atoms. The minimum Gasteiger partial charge on any atom is -0.506 e. The number of phenolic OH excluding ortho intramolecular Hbond substituents is 1. The lowest BCUT2D eigenvalue weighted by Gasteiger charge is -2.08. The van der Waals surface area contributed by atoms with E-state index in [1.807, 2.05) is 30.3 Å². The lowest BCUT2D eigenvalue weighted by atomic mass is 10.2. The first-order valence-corrected chi connectivity index (χ1v) is 7.04. The average molecular weight is 279 g/mol. The molecule has 100 valence electrons. The molecule has 0 aliphatic carbocycles. The highest BCUT2D eigenvalue weighted by atomic mass is 32.2. The molecule has 19 heavy (non-hydrogen) atoms. The van der Waals surface area contributed by atoms with Crippen molar-refractivity contribution >= 4 is 10.0 Å². The lowest BCUT2D eigenvalue weighted by molar-refractivity contribution is 0.304. The largest absolute Gasteiger partial charge is 0.506 e. The fraction of sp³-hybridized carbons (Fsp3) is 0.0769. The molecule has 0 unspecified atom stereocenters. The summed E-state index contributed by atoms with van der Waals surface area (Å²) in [5.74, 6) is -0.0539. The Morgan fingerprint density at radius 2 is 1.79 bits per heavy atom. The number of sulfonamides is 1. The Labute approximate surface area is 111 Å². The van der Waals surface area contributed by atoms with Crippen molar-refractivity contribution in [3.63, 3.8) is 0 Å². The van der Waals surface area contributed by atoms with Crippen LogP contribution in [0.15, 0.2) is 53.4 Å². The minimum atomic E-state index is -3.92. The average Bonchev–Trinajstić information content (AvgIpc) is 2.36. The third-order valence-corrected chi connectivity index (χ3v) is 3.44. The van der Waals surface area contributed by atoms with Gasteiger partial charge in [0.1, 0.15) is 23.0 Å². The second-order valence-corrected chi connectivity index (χ2v) is 5.48. The summed E-state index contributed by atoms with van der Waals surface area (Å²) in [7, 11) is -3.92. The summed E-state index contributed by atoms with van der Waals surface area (Å²) in [6, 6.07) is 13.4. The summed E-state index contributed by atoms with van der Waals surface area (Å²) in [6.07, 6.45) is 0. The second kappa shape index (κ2) is 5.29. The van der Waals surface area contributed by atoms with E-state index in [-0.39, 0.29) is 4.90 Å². The number of primary sulfonamides is 1. The third kappa shape index (κ3) is 3.46. The van der Waals surface area contributed by atoms with E-state index in [0.717, 1.165) is 5.56 Å². The zero-order chi connectivity index (χ0) is 13.9. The molecular weight excluding hydrogens is 266 g/mol. The molecule has 0 saturated carbocycles. The zero-order valence-electron chi connectivity index (χ0n) is 9.98. The molecule has 2 aromatic rings. The first-order chi connectivity index (χ1) is 8.97. The van der Waals surface area contributed by atoms with E-state index in [1.165, 1.54) is 18.2 Å². The van der Waals surface area contributed by atoms with Gasteiger partial charge in [-0.25, -0.2) is 13.6 Å². The molecule has 0 radical (unpaired) electrons. The van der Waals surface area contributed by atoms with Crippen molar-refractivity contribution < 1.29 is 18.3 Å². The molecule has 0 bridgehead atoms. The summed E-state index contributed by atoms with van der Waals surface area (Å²) in [6.45, 7) is 0.328. The smallest absolute Gasteiger partial charge is 0.241 e. The van der Waals surface area contributed by atoms with Crippen LogP contribution in [-0.4, -0.2) is 13.5 Å². The van der Waals surface area contributed by atoms with Gasteiger partial charge in [0.2, 0.25) is 10.0 Å². The van der Waals surface area contributed by atoms with Crippen LogP contribution in [-0.2, 0) is 16.6 Å². The van der Waals surface area contributed by atoms with E-state index in [1.54, 1.807) is 0 Å². The van der Waals surface area contributed by atoms with Gasteiger partial charge in [-0.3, -0.25) is 0 Å². The van der Waals surface area contributed by atoms with E-state index >= 15 is 0 Å². The molecule has 3 N–H and O–H groups in total. The summed E-state index contributed by atoms with van der Waals surface area (Å²) in [5, 5.41) is 14.5. The molecule has 0 aromatic heterocycles. The van der Waals surface area contributed by atoms with E-state index in [9.17, 15) is 13.5 Å². The molecule has 0 saturated heterocycles. The molecule has 2 aromatic carbocycles. The van der Waals surface area contributed by atoms with Crippen LogP contribution in [0.1, 0.15) is 5.56 Å². The highest BCUT2D eigenvalue weighted by Crippen LogP contribution is 2.26. The summed E-state index contributed by atoms with van der Waals surface area (Å²) in [5.41, 5.74) is 0.970. The normalized spacial score (nSPS) is 11.2. The second-order valence-electron chi connectivity index (χ2n) is 3.95. The Balaban J connectivity index is 2.13. The molecule has 5 nitrogen and oxygen atoms in total. The van der Waals surface area contributed by atoms with Gasteiger partial charge in [0.05, 0.1) is 0 Å². The maximum Gasteiger partial charge on any atom is 0.241 e. The third-order valence-electron chi connectivity index (χ3n) is 2.49. The number of benzene rings is 2. The van der Waals surface area contributed by atoms with Gasteiger partial charge in [-0.1, -0.05) is 30.3 Å².